The maximum Gasteiger partial charge on any atom is 0.357 e. The molecule has 0 saturated carbocycles. The molecule has 2 heterocycles. The van der Waals surface area contributed by atoms with E-state index in [2.05, 4.69) is 0 Å². The number of carbonyl (C=O) groups excluding carboxylic acids is 2. The first-order valence-corrected chi connectivity index (χ1v) is 9.67. The number of benzene rings is 1. The SMILES string of the molecule is CCSC1=C(C(=O)OCc2ccccc2)N2C(=O)C(C(C)O)[C@H]2S1. The van der Waals surface area contributed by atoms with Crippen LogP contribution in [0.4, 0.5) is 0 Å². The van der Waals surface area contributed by atoms with Crippen LogP contribution in [0.5, 0.6) is 0 Å². The van der Waals surface area contributed by atoms with Gasteiger partial charge in [0.1, 0.15) is 12.0 Å². The molecule has 2 unspecified atom stereocenters. The van der Waals surface area contributed by atoms with Crippen molar-refractivity contribution >= 4 is 35.4 Å². The Hall–Kier alpha value is -1.44. The second-order valence-corrected chi connectivity index (χ2v) is 8.27. The predicted octanol–water partition coefficient (Wildman–Crippen LogP) is 2.56. The Morgan fingerprint density at radius 1 is 1.42 bits per heavy atom. The van der Waals surface area contributed by atoms with Gasteiger partial charge >= 0.3 is 5.97 Å². The van der Waals surface area contributed by atoms with Gasteiger partial charge in [0, 0.05) is 0 Å². The first-order valence-electron chi connectivity index (χ1n) is 7.80. The summed E-state index contributed by atoms with van der Waals surface area (Å²) in [6.45, 7) is 3.78. The third-order valence-electron chi connectivity index (χ3n) is 3.95. The fourth-order valence-corrected chi connectivity index (χ4v) is 5.58. The summed E-state index contributed by atoms with van der Waals surface area (Å²) < 4.78 is 6.21. The third kappa shape index (κ3) is 3.08. The number of aliphatic hydroxyl groups excluding tert-OH is 1. The highest BCUT2D eigenvalue weighted by molar-refractivity contribution is 8.22. The molecule has 1 amide bonds. The zero-order valence-electron chi connectivity index (χ0n) is 13.5. The number of esters is 1. The molecule has 3 rings (SSSR count). The summed E-state index contributed by atoms with van der Waals surface area (Å²) in [5, 5.41) is 9.58. The highest BCUT2D eigenvalue weighted by atomic mass is 32.2. The van der Waals surface area contributed by atoms with Crippen LogP contribution in [-0.4, -0.2) is 39.1 Å². The zero-order valence-corrected chi connectivity index (χ0v) is 15.1. The van der Waals surface area contributed by atoms with Crippen LogP contribution in [0.25, 0.3) is 0 Å². The number of ether oxygens (including phenoxy) is 1. The molecule has 1 aromatic rings. The standard InChI is InChI=1S/C17H19NO4S2/c1-3-23-17-13(16(21)22-9-11-7-5-4-6-8-11)18-14(20)12(10(2)19)15(18)24-17/h4-8,10,12,15,19H,3,9H2,1-2H3/t10?,12?,15-/m1/s1. The summed E-state index contributed by atoms with van der Waals surface area (Å²) in [5.41, 5.74) is 1.23. The van der Waals surface area contributed by atoms with E-state index in [4.69, 9.17) is 4.74 Å². The van der Waals surface area contributed by atoms with E-state index < -0.39 is 18.0 Å². The van der Waals surface area contributed by atoms with E-state index in [0.29, 0.717) is 5.70 Å². The largest absolute Gasteiger partial charge is 0.456 e. The Kier molecular flexibility index (Phi) is 5.22. The quantitative estimate of drug-likeness (QED) is 0.617. The molecule has 7 heteroatoms. The number of β-lactam (4-membered cyclic amide) rings is 1. The van der Waals surface area contributed by atoms with Crippen molar-refractivity contribution in [3.63, 3.8) is 0 Å². The van der Waals surface area contributed by atoms with Crippen LogP contribution in [0.15, 0.2) is 40.3 Å². The van der Waals surface area contributed by atoms with Crippen molar-refractivity contribution < 1.29 is 19.4 Å². The van der Waals surface area contributed by atoms with Gasteiger partial charge in [0.2, 0.25) is 5.91 Å². The van der Waals surface area contributed by atoms with Crippen molar-refractivity contribution in [1.82, 2.24) is 4.90 Å². The van der Waals surface area contributed by atoms with E-state index in [1.807, 2.05) is 37.3 Å². The Morgan fingerprint density at radius 2 is 2.12 bits per heavy atom. The van der Waals surface area contributed by atoms with Gasteiger partial charge in [0.15, 0.2) is 5.70 Å². The van der Waals surface area contributed by atoms with Crippen molar-refractivity contribution in [2.75, 3.05) is 5.75 Å². The van der Waals surface area contributed by atoms with Crippen molar-refractivity contribution in [3.05, 3.63) is 45.8 Å². The fraction of sp³-hybridized carbons (Fsp3) is 0.412. The molecule has 2 aliphatic rings. The van der Waals surface area contributed by atoms with Gasteiger partial charge in [-0.25, -0.2) is 4.79 Å². The summed E-state index contributed by atoms with van der Waals surface area (Å²) in [6, 6.07) is 9.43. The normalized spacial score (nSPS) is 23.8. The molecular weight excluding hydrogens is 346 g/mol. The van der Waals surface area contributed by atoms with E-state index >= 15 is 0 Å². The Labute approximate surface area is 149 Å². The van der Waals surface area contributed by atoms with E-state index in [1.165, 1.54) is 28.4 Å². The summed E-state index contributed by atoms with van der Waals surface area (Å²) in [4.78, 5) is 26.4. The average molecular weight is 365 g/mol. The Morgan fingerprint density at radius 3 is 2.75 bits per heavy atom. The minimum absolute atomic E-state index is 0.171. The molecule has 1 N–H and O–H groups in total. The van der Waals surface area contributed by atoms with Gasteiger partial charge in [-0.2, -0.15) is 0 Å². The molecule has 5 nitrogen and oxygen atoms in total. The molecule has 1 saturated heterocycles. The van der Waals surface area contributed by atoms with Crippen LogP contribution in [-0.2, 0) is 20.9 Å². The number of fused-ring (bicyclic) bond motifs is 1. The van der Waals surface area contributed by atoms with Gasteiger partial charge in [-0.1, -0.05) is 49.0 Å². The highest BCUT2D eigenvalue weighted by Gasteiger charge is 2.57. The predicted molar refractivity (Wildman–Crippen MR) is 94.8 cm³/mol. The van der Waals surface area contributed by atoms with E-state index in [1.54, 1.807) is 6.92 Å². The van der Waals surface area contributed by atoms with Gasteiger partial charge in [-0.05, 0) is 18.2 Å². The lowest BCUT2D eigenvalue weighted by molar-refractivity contribution is -0.158. The Balaban J connectivity index is 1.75. The molecule has 3 atom stereocenters. The molecular formula is C17H19NO4S2. The van der Waals surface area contributed by atoms with Gasteiger partial charge in [-0.15, -0.1) is 11.8 Å². The summed E-state index contributed by atoms with van der Waals surface area (Å²) in [5.74, 6) is -0.351. The lowest BCUT2D eigenvalue weighted by Crippen LogP contribution is -2.60. The minimum Gasteiger partial charge on any atom is -0.456 e. The number of hydrogen-bond donors (Lipinski definition) is 1. The average Bonchev–Trinajstić information content (AvgIpc) is 2.88. The zero-order chi connectivity index (χ0) is 17.3. The van der Waals surface area contributed by atoms with Gasteiger partial charge in [0.05, 0.1) is 16.3 Å². The molecule has 0 aliphatic carbocycles. The van der Waals surface area contributed by atoms with Crippen molar-refractivity contribution in [3.8, 4) is 0 Å². The number of nitrogens with zero attached hydrogens (tertiary/aromatic N) is 1. The molecule has 1 fully saturated rings. The first kappa shape index (κ1) is 17.4. The van der Waals surface area contributed by atoms with Crippen molar-refractivity contribution in [2.45, 2.75) is 31.9 Å². The second-order valence-electron chi connectivity index (χ2n) is 5.61. The number of rotatable bonds is 6. The van der Waals surface area contributed by atoms with E-state index in [-0.39, 0.29) is 17.9 Å². The number of thioether (sulfide) groups is 2. The maximum absolute atomic E-state index is 12.6. The topological polar surface area (TPSA) is 66.8 Å². The number of amides is 1. The maximum atomic E-state index is 12.6. The van der Waals surface area contributed by atoms with Gasteiger partial charge < -0.3 is 9.84 Å². The van der Waals surface area contributed by atoms with Crippen LogP contribution in [0.3, 0.4) is 0 Å². The molecule has 0 aromatic heterocycles. The minimum atomic E-state index is -0.723. The smallest absolute Gasteiger partial charge is 0.357 e. The van der Waals surface area contributed by atoms with Crippen LogP contribution < -0.4 is 0 Å². The van der Waals surface area contributed by atoms with Gasteiger partial charge in [0.25, 0.3) is 0 Å². The highest BCUT2D eigenvalue weighted by Crippen LogP contribution is 2.53. The molecule has 0 radical (unpaired) electrons. The molecule has 0 bridgehead atoms. The monoisotopic (exact) mass is 365 g/mol. The molecule has 128 valence electrons. The number of hydrogen-bond acceptors (Lipinski definition) is 6. The number of carbonyl (C=O) groups is 2. The molecule has 1 aromatic carbocycles. The molecule has 0 spiro atoms. The van der Waals surface area contributed by atoms with Crippen LogP contribution in [0.2, 0.25) is 0 Å². The van der Waals surface area contributed by atoms with Crippen LogP contribution in [0.1, 0.15) is 19.4 Å². The van der Waals surface area contributed by atoms with Gasteiger partial charge in [-0.3, -0.25) is 9.69 Å². The molecule has 24 heavy (non-hydrogen) atoms. The van der Waals surface area contributed by atoms with E-state index in [0.717, 1.165) is 15.6 Å². The van der Waals surface area contributed by atoms with Crippen molar-refractivity contribution in [2.24, 2.45) is 5.92 Å². The first-order chi connectivity index (χ1) is 11.5. The summed E-state index contributed by atoms with van der Waals surface area (Å²) >= 11 is 3.00. The summed E-state index contributed by atoms with van der Waals surface area (Å²) in [6.07, 6.45) is -0.723. The second kappa shape index (κ2) is 7.21. The fourth-order valence-electron chi connectivity index (χ4n) is 2.76. The van der Waals surface area contributed by atoms with Crippen LogP contribution in [0, 0.1) is 5.92 Å². The summed E-state index contributed by atoms with van der Waals surface area (Å²) in [7, 11) is 0. The number of aliphatic hydroxyl groups is 1. The molecule has 2 aliphatic heterocycles. The Bertz CT molecular complexity index is 674. The van der Waals surface area contributed by atoms with Crippen molar-refractivity contribution in [1.29, 1.82) is 0 Å². The lowest BCUT2D eigenvalue weighted by Gasteiger charge is -2.43. The lowest BCUT2D eigenvalue weighted by atomic mass is 9.92. The van der Waals surface area contributed by atoms with Crippen LogP contribution >= 0.6 is 23.5 Å². The van der Waals surface area contributed by atoms with E-state index in [9.17, 15) is 14.7 Å². The third-order valence-corrected chi connectivity index (χ3v) is 6.49.